The highest BCUT2D eigenvalue weighted by atomic mass is 16.2. The lowest BCUT2D eigenvalue weighted by Gasteiger charge is -2.28. The molecule has 0 aromatic heterocycles. The molecule has 5 nitrogen and oxygen atoms in total. The van der Waals surface area contributed by atoms with Gasteiger partial charge in [-0.3, -0.25) is 4.79 Å². The lowest BCUT2D eigenvalue weighted by Crippen LogP contribution is -2.38. The fourth-order valence-electron chi connectivity index (χ4n) is 3.97. The van der Waals surface area contributed by atoms with Crippen molar-refractivity contribution >= 4 is 17.6 Å². The fraction of sp³-hybridized carbons (Fsp3) is 0.529. The van der Waals surface area contributed by atoms with Gasteiger partial charge in [0.05, 0.1) is 5.92 Å². The molecule has 0 radical (unpaired) electrons. The second kappa shape index (κ2) is 5.99. The average molecular weight is 301 g/mol. The second-order valence-corrected chi connectivity index (χ2v) is 6.41. The summed E-state index contributed by atoms with van der Waals surface area (Å²) in [5.74, 6) is -0.0153. The number of likely N-dealkylation sites (tertiary alicyclic amines) is 1. The Balaban J connectivity index is 1.73. The molecule has 1 aliphatic carbocycles. The van der Waals surface area contributed by atoms with Crippen LogP contribution in [0.3, 0.4) is 0 Å². The fourth-order valence-corrected chi connectivity index (χ4v) is 3.97. The summed E-state index contributed by atoms with van der Waals surface area (Å²) in [6, 6.07) is 9.34. The van der Waals surface area contributed by atoms with Crippen molar-refractivity contribution in [2.45, 2.75) is 25.7 Å². The van der Waals surface area contributed by atoms with Crippen LogP contribution in [0.1, 0.15) is 25.7 Å². The molecule has 5 heteroatoms. The summed E-state index contributed by atoms with van der Waals surface area (Å²) >= 11 is 0. The third-order valence-corrected chi connectivity index (χ3v) is 5.12. The van der Waals surface area contributed by atoms with Gasteiger partial charge in [0.25, 0.3) is 0 Å². The molecule has 22 heavy (non-hydrogen) atoms. The van der Waals surface area contributed by atoms with Crippen molar-refractivity contribution < 1.29 is 9.59 Å². The molecule has 1 aromatic rings. The molecule has 1 saturated heterocycles. The Labute approximate surface area is 131 Å². The van der Waals surface area contributed by atoms with Gasteiger partial charge in [-0.25, -0.2) is 4.79 Å². The maximum Gasteiger partial charge on any atom is 0.321 e. The van der Waals surface area contributed by atoms with Crippen molar-refractivity contribution in [1.82, 2.24) is 10.2 Å². The molecule has 2 fully saturated rings. The minimum atomic E-state index is -0.108. The van der Waals surface area contributed by atoms with Crippen LogP contribution in [0, 0.1) is 11.3 Å². The van der Waals surface area contributed by atoms with Crippen LogP contribution < -0.4 is 10.6 Å². The van der Waals surface area contributed by atoms with Crippen LogP contribution in [0.2, 0.25) is 0 Å². The van der Waals surface area contributed by atoms with E-state index in [9.17, 15) is 9.59 Å². The first kappa shape index (κ1) is 14.9. The zero-order valence-corrected chi connectivity index (χ0v) is 13.0. The van der Waals surface area contributed by atoms with Gasteiger partial charge in [0.15, 0.2) is 0 Å². The van der Waals surface area contributed by atoms with Gasteiger partial charge in [-0.2, -0.15) is 0 Å². The SMILES string of the molecule is CNC(=O)[C@@H]1CN(C(=O)Nc2ccccc2)CC12CCCC2. The smallest absolute Gasteiger partial charge is 0.321 e. The van der Waals surface area contributed by atoms with Gasteiger partial charge in [-0.15, -0.1) is 0 Å². The second-order valence-electron chi connectivity index (χ2n) is 6.41. The molecule has 1 atom stereocenters. The molecule has 0 unspecified atom stereocenters. The van der Waals surface area contributed by atoms with Gasteiger partial charge in [0, 0.05) is 31.2 Å². The molecule has 1 aliphatic heterocycles. The van der Waals surface area contributed by atoms with Crippen LogP contribution in [0.5, 0.6) is 0 Å². The Morgan fingerprint density at radius 1 is 1.18 bits per heavy atom. The van der Waals surface area contributed by atoms with Gasteiger partial charge in [-0.05, 0) is 25.0 Å². The number of rotatable bonds is 2. The van der Waals surface area contributed by atoms with Gasteiger partial charge < -0.3 is 15.5 Å². The minimum absolute atomic E-state index is 0.0197. The third kappa shape index (κ3) is 2.67. The van der Waals surface area contributed by atoms with E-state index in [1.807, 2.05) is 30.3 Å². The molecule has 1 spiro atoms. The molecule has 1 aromatic carbocycles. The number of benzene rings is 1. The monoisotopic (exact) mass is 301 g/mol. The molecule has 0 bridgehead atoms. The molecule has 1 saturated carbocycles. The summed E-state index contributed by atoms with van der Waals surface area (Å²) in [6.45, 7) is 1.20. The Morgan fingerprint density at radius 2 is 1.86 bits per heavy atom. The van der Waals surface area contributed by atoms with Crippen molar-refractivity contribution in [2.24, 2.45) is 11.3 Å². The minimum Gasteiger partial charge on any atom is -0.359 e. The average Bonchev–Trinajstić information content (AvgIpc) is 3.16. The molecule has 1 heterocycles. The summed E-state index contributed by atoms with van der Waals surface area (Å²) in [7, 11) is 1.68. The van der Waals surface area contributed by atoms with Crippen LogP contribution >= 0.6 is 0 Å². The number of carbonyl (C=O) groups is 2. The van der Waals surface area contributed by atoms with Crippen molar-refractivity contribution in [3.63, 3.8) is 0 Å². The Bertz CT molecular complexity index is 552. The van der Waals surface area contributed by atoms with Crippen molar-refractivity contribution in [3.05, 3.63) is 30.3 Å². The molecule has 2 N–H and O–H groups in total. The van der Waals surface area contributed by atoms with Crippen LogP contribution in [0.4, 0.5) is 10.5 Å². The standard InChI is InChI=1S/C17H23N3O2/c1-18-15(21)14-11-20(12-17(14)9-5-6-10-17)16(22)19-13-7-3-2-4-8-13/h2-4,7-8,14H,5-6,9-12H2,1H3,(H,18,21)(H,19,22)/t14-/m0/s1. The predicted octanol–water partition coefficient (Wildman–Crippen LogP) is 2.46. The number of nitrogens with zero attached hydrogens (tertiary/aromatic N) is 1. The van der Waals surface area contributed by atoms with E-state index in [0.717, 1.165) is 31.4 Å². The van der Waals surface area contributed by atoms with Crippen molar-refractivity contribution in [3.8, 4) is 0 Å². The van der Waals surface area contributed by atoms with E-state index >= 15 is 0 Å². The number of urea groups is 1. The number of carbonyl (C=O) groups excluding carboxylic acids is 2. The topological polar surface area (TPSA) is 61.4 Å². The van der Waals surface area contributed by atoms with Gasteiger partial charge >= 0.3 is 6.03 Å². The van der Waals surface area contributed by atoms with Crippen LogP contribution in [0.25, 0.3) is 0 Å². The van der Waals surface area contributed by atoms with E-state index in [1.165, 1.54) is 0 Å². The Morgan fingerprint density at radius 3 is 2.50 bits per heavy atom. The van der Waals surface area contributed by atoms with Crippen molar-refractivity contribution in [1.29, 1.82) is 0 Å². The Kier molecular flexibility index (Phi) is 4.05. The van der Waals surface area contributed by atoms with Crippen LogP contribution in [0.15, 0.2) is 30.3 Å². The first-order valence-electron chi connectivity index (χ1n) is 7.97. The third-order valence-electron chi connectivity index (χ3n) is 5.12. The van der Waals surface area contributed by atoms with E-state index in [1.54, 1.807) is 11.9 Å². The lowest BCUT2D eigenvalue weighted by atomic mass is 9.76. The van der Waals surface area contributed by atoms with Gasteiger partial charge in [0.2, 0.25) is 5.91 Å². The van der Waals surface area contributed by atoms with E-state index in [4.69, 9.17) is 0 Å². The highest BCUT2D eigenvalue weighted by Crippen LogP contribution is 2.49. The molecule has 118 valence electrons. The number of hydrogen-bond donors (Lipinski definition) is 2. The highest BCUT2D eigenvalue weighted by Gasteiger charge is 2.52. The summed E-state index contributed by atoms with van der Waals surface area (Å²) in [4.78, 5) is 26.5. The maximum absolute atomic E-state index is 12.5. The number of anilines is 1. The first-order valence-corrected chi connectivity index (χ1v) is 7.97. The quantitative estimate of drug-likeness (QED) is 0.881. The van der Waals surface area contributed by atoms with E-state index in [2.05, 4.69) is 10.6 Å². The van der Waals surface area contributed by atoms with Gasteiger partial charge in [0.1, 0.15) is 0 Å². The number of nitrogens with one attached hydrogen (secondary N) is 2. The predicted molar refractivity (Wildman–Crippen MR) is 85.5 cm³/mol. The largest absolute Gasteiger partial charge is 0.359 e. The highest BCUT2D eigenvalue weighted by molar-refractivity contribution is 5.90. The Hall–Kier alpha value is -2.04. The maximum atomic E-state index is 12.5. The molecule has 3 amide bonds. The summed E-state index contributed by atoms with van der Waals surface area (Å²) in [5, 5.41) is 5.69. The van der Waals surface area contributed by atoms with Crippen molar-refractivity contribution in [2.75, 3.05) is 25.5 Å². The molecular weight excluding hydrogens is 278 g/mol. The summed E-state index contributed by atoms with van der Waals surface area (Å²) in [5.41, 5.74) is 0.769. The summed E-state index contributed by atoms with van der Waals surface area (Å²) < 4.78 is 0. The number of hydrogen-bond acceptors (Lipinski definition) is 2. The summed E-state index contributed by atoms with van der Waals surface area (Å²) in [6.07, 6.45) is 4.39. The molecule has 2 aliphatic rings. The van der Waals surface area contributed by atoms with Crippen LogP contribution in [-0.2, 0) is 4.79 Å². The van der Waals surface area contributed by atoms with Crippen LogP contribution in [-0.4, -0.2) is 37.0 Å². The molecule has 3 rings (SSSR count). The first-order chi connectivity index (χ1) is 10.6. The van der Waals surface area contributed by atoms with E-state index in [-0.39, 0.29) is 23.3 Å². The molecular formula is C17H23N3O2. The van der Waals surface area contributed by atoms with Gasteiger partial charge in [-0.1, -0.05) is 31.0 Å². The zero-order chi connectivity index (χ0) is 15.6. The normalized spacial score (nSPS) is 22.8. The van der Waals surface area contributed by atoms with E-state index < -0.39 is 0 Å². The number of amides is 3. The zero-order valence-electron chi connectivity index (χ0n) is 13.0. The number of para-hydroxylation sites is 1. The van der Waals surface area contributed by atoms with E-state index in [0.29, 0.717) is 13.1 Å². The lowest BCUT2D eigenvalue weighted by molar-refractivity contribution is -0.127.